The third kappa shape index (κ3) is 3.73. The van der Waals surface area contributed by atoms with Crippen molar-refractivity contribution in [1.82, 2.24) is 4.90 Å². The Kier molecular flexibility index (Phi) is 5.56. The van der Waals surface area contributed by atoms with Gasteiger partial charge in [-0.1, -0.05) is 70.5 Å². The first kappa shape index (κ1) is 18.8. The van der Waals surface area contributed by atoms with E-state index >= 15 is 0 Å². The Morgan fingerprint density at radius 3 is 2.35 bits per heavy atom. The van der Waals surface area contributed by atoms with Crippen LogP contribution in [0.1, 0.15) is 15.9 Å². The number of aliphatic hydroxyl groups is 1. The van der Waals surface area contributed by atoms with Crippen molar-refractivity contribution in [3.05, 3.63) is 88.4 Å². The molecular formula is C22H22BrNO2. The lowest BCUT2D eigenvalue weighted by Crippen LogP contribution is -2.48. The van der Waals surface area contributed by atoms with Crippen molar-refractivity contribution in [2.75, 3.05) is 20.6 Å². The van der Waals surface area contributed by atoms with Crippen LogP contribution in [0.25, 0.3) is 5.57 Å². The topological polar surface area (TPSA) is 40.5 Å². The van der Waals surface area contributed by atoms with Crippen LogP contribution in [0.15, 0.2) is 77.3 Å². The highest BCUT2D eigenvalue weighted by Gasteiger charge is 2.44. The van der Waals surface area contributed by atoms with Crippen molar-refractivity contribution in [1.29, 1.82) is 0 Å². The molecule has 1 aliphatic carbocycles. The summed E-state index contributed by atoms with van der Waals surface area (Å²) in [6, 6.07) is 17.2. The third-order valence-corrected chi connectivity index (χ3v) is 5.17. The number of aliphatic hydroxyl groups excluding tert-OH is 1. The molecule has 2 aromatic carbocycles. The summed E-state index contributed by atoms with van der Waals surface area (Å²) in [5, 5.41) is 11.0. The van der Waals surface area contributed by atoms with Gasteiger partial charge in [-0.15, -0.1) is 0 Å². The molecule has 2 aromatic rings. The van der Waals surface area contributed by atoms with E-state index < -0.39 is 11.5 Å². The quantitative estimate of drug-likeness (QED) is 0.749. The minimum atomic E-state index is -1.00. The first-order chi connectivity index (χ1) is 12.4. The van der Waals surface area contributed by atoms with E-state index in [4.69, 9.17) is 0 Å². The van der Waals surface area contributed by atoms with E-state index in [1.807, 2.05) is 73.6 Å². The number of hydrogen-bond donors (Lipinski definition) is 1. The average Bonchev–Trinajstić information content (AvgIpc) is 2.64. The van der Waals surface area contributed by atoms with Crippen LogP contribution in [0.5, 0.6) is 0 Å². The number of allylic oxidation sites excluding steroid dienone is 2. The molecule has 0 saturated carbocycles. The summed E-state index contributed by atoms with van der Waals surface area (Å²) in [7, 11) is 3.82. The van der Waals surface area contributed by atoms with E-state index in [-0.39, 0.29) is 5.78 Å². The molecule has 134 valence electrons. The van der Waals surface area contributed by atoms with Crippen molar-refractivity contribution < 1.29 is 9.90 Å². The van der Waals surface area contributed by atoms with Gasteiger partial charge in [-0.05, 0) is 43.4 Å². The van der Waals surface area contributed by atoms with Crippen molar-refractivity contribution in [3.8, 4) is 0 Å². The van der Waals surface area contributed by atoms with E-state index in [1.54, 1.807) is 18.2 Å². The number of ketones is 1. The Morgan fingerprint density at radius 1 is 1.12 bits per heavy atom. The number of Topliss-reactive ketones (excluding diaryl/α,β-unsaturated/α-hetero) is 1. The second kappa shape index (κ2) is 7.70. The second-order valence-electron chi connectivity index (χ2n) is 6.88. The molecule has 0 fully saturated rings. The van der Waals surface area contributed by atoms with Crippen LogP contribution in [-0.4, -0.2) is 42.5 Å². The number of hydrogen-bond acceptors (Lipinski definition) is 3. The molecule has 2 atom stereocenters. The fraction of sp³-hybridized carbons (Fsp3) is 0.227. The average molecular weight is 412 g/mol. The molecule has 0 radical (unpaired) electrons. The summed E-state index contributed by atoms with van der Waals surface area (Å²) in [6.07, 6.45) is 4.70. The van der Waals surface area contributed by atoms with E-state index in [9.17, 15) is 9.90 Å². The van der Waals surface area contributed by atoms with Gasteiger partial charge >= 0.3 is 0 Å². The van der Waals surface area contributed by atoms with Crippen LogP contribution >= 0.6 is 15.9 Å². The number of rotatable bonds is 5. The molecule has 3 rings (SSSR count). The molecular weight excluding hydrogens is 390 g/mol. The zero-order valence-electron chi connectivity index (χ0n) is 14.9. The first-order valence-corrected chi connectivity index (χ1v) is 9.31. The number of halogens is 1. The van der Waals surface area contributed by atoms with Gasteiger partial charge in [-0.3, -0.25) is 4.79 Å². The van der Waals surface area contributed by atoms with E-state index in [1.165, 1.54) is 0 Å². The molecule has 0 aliphatic heterocycles. The van der Waals surface area contributed by atoms with Crippen LogP contribution < -0.4 is 0 Å². The zero-order valence-corrected chi connectivity index (χ0v) is 16.5. The standard InChI is InChI=1S/C22H22BrNO2/c1-24(2)15-22(21(26)17-8-10-19(23)11-9-17)13-12-18(14-20(22)25)16-6-4-3-5-7-16/h3-14,20,25H,15H2,1-2H3. The summed E-state index contributed by atoms with van der Waals surface area (Å²) in [6.45, 7) is 0.429. The lowest BCUT2D eigenvalue weighted by atomic mass is 9.71. The van der Waals surface area contributed by atoms with Gasteiger partial charge in [0.15, 0.2) is 5.78 Å². The molecule has 1 N–H and O–H groups in total. The van der Waals surface area contributed by atoms with Crippen LogP contribution in [0.4, 0.5) is 0 Å². The number of benzene rings is 2. The summed E-state index contributed by atoms with van der Waals surface area (Å²) >= 11 is 3.40. The van der Waals surface area contributed by atoms with Crippen LogP contribution in [0.2, 0.25) is 0 Å². The highest BCUT2D eigenvalue weighted by Crippen LogP contribution is 2.37. The minimum Gasteiger partial charge on any atom is -0.388 e. The predicted molar refractivity (Wildman–Crippen MR) is 109 cm³/mol. The maximum atomic E-state index is 13.3. The van der Waals surface area contributed by atoms with Gasteiger partial charge < -0.3 is 10.0 Å². The zero-order chi connectivity index (χ0) is 18.7. The van der Waals surface area contributed by atoms with E-state index in [0.717, 1.165) is 15.6 Å². The van der Waals surface area contributed by atoms with Gasteiger partial charge in [0.25, 0.3) is 0 Å². The largest absolute Gasteiger partial charge is 0.388 e. The van der Waals surface area contributed by atoms with Gasteiger partial charge in [0.05, 0.1) is 11.5 Å². The maximum absolute atomic E-state index is 13.3. The van der Waals surface area contributed by atoms with E-state index in [0.29, 0.717) is 12.1 Å². The predicted octanol–water partition coefficient (Wildman–Crippen LogP) is 4.19. The Balaban J connectivity index is 1.99. The highest BCUT2D eigenvalue weighted by atomic mass is 79.9. The fourth-order valence-corrected chi connectivity index (χ4v) is 3.62. The Bertz CT molecular complexity index is 840. The van der Waals surface area contributed by atoms with Gasteiger partial charge in [0.1, 0.15) is 0 Å². The SMILES string of the molecule is CN(C)CC1(C(=O)c2ccc(Br)cc2)C=CC(c2ccccc2)=CC1O. The summed E-state index contributed by atoms with van der Waals surface area (Å²) in [5.41, 5.74) is 1.54. The molecule has 4 heteroatoms. The lowest BCUT2D eigenvalue weighted by Gasteiger charge is -2.37. The highest BCUT2D eigenvalue weighted by molar-refractivity contribution is 9.10. The maximum Gasteiger partial charge on any atom is 0.177 e. The number of carbonyl (C=O) groups excluding carboxylic acids is 1. The number of nitrogens with zero attached hydrogens (tertiary/aromatic N) is 1. The summed E-state index contributed by atoms with van der Waals surface area (Å²) in [5.74, 6) is -0.0780. The Hall–Kier alpha value is -2.01. The van der Waals surface area contributed by atoms with Crippen LogP contribution in [-0.2, 0) is 0 Å². The molecule has 2 unspecified atom stereocenters. The Labute approximate surface area is 162 Å². The summed E-state index contributed by atoms with van der Waals surface area (Å²) in [4.78, 5) is 15.3. The van der Waals surface area contributed by atoms with Gasteiger partial charge in [0.2, 0.25) is 0 Å². The summed E-state index contributed by atoms with van der Waals surface area (Å²) < 4.78 is 0.918. The fourth-order valence-electron chi connectivity index (χ4n) is 3.36. The third-order valence-electron chi connectivity index (χ3n) is 4.64. The minimum absolute atomic E-state index is 0.0780. The second-order valence-corrected chi connectivity index (χ2v) is 7.80. The molecule has 0 spiro atoms. The lowest BCUT2D eigenvalue weighted by molar-refractivity contribution is 0.0508. The smallest absolute Gasteiger partial charge is 0.177 e. The molecule has 0 bridgehead atoms. The van der Waals surface area contributed by atoms with E-state index in [2.05, 4.69) is 15.9 Å². The molecule has 0 amide bonds. The van der Waals surface area contributed by atoms with Crippen LogP contribution in [0, 0.1) is 5.41 Å². The van der Waals surface area contributed by atoms with Crippen LogP contribution in [0.3, 0.4) is 0 Å². The van der Waals surface area contributed by atoms with Crippen molar-refractivity contribution in [2.24, 2.45) is 5.41 Å². The normalized spacial score (nSPS) is 22.3. The van der Waals surface area contributed by atoms with Crippen molar-refractivity contribution >= 4 is 27.3 Å². The first-order valence-electron chi connectivity index (χ1n) is 8.52. The monoisotopic (exact) mass is 411 g/mol. The van der Waals surface area contributed by atoms with Crippen molar-refractivity contribution in [2.45, 2.75) is 6.10 Å². The molecule has 1 aliphatic rings. The molecule has 0 heterocycles. The van der Waals surface area contributed by atoms with Gasteiger partial charge in [-0.25, -0.2) is 0 Å². The molecule has 26 heavy (non-hydrogen) atoms. The molecule has 0 aromatic heterocycles. The van der Waals surface area contributed by atoms with Gasteiger partial charge in [-0.2, -0.15) is 0 Å². The number of carbonyl (C=O) groups is 1. The van der Waals surface area contributed by atoms with Crippen molar-refractivity contribution in [3.63, 3.8) is 0 Å². The molecule has 0 saturated heterocycles. The Morgan fingerprint density at radius 2 is 1.77 bits per heavy atom. The van der Waals surface area contributed by atoms with Gasteiger partial charge in [0, 0.05) is 16.6 Å². The molecule has 3 nitrogen and oxygen atoms in total.